The molecule has 1 aromatic rings. The number of hydrogen-bond donors (Lipinski definition) is 0. The molecule has 0 unspecified atom stereocenters. The molecule has 1 aliphatic rings. The van der Waals surface area contributed by atoms with Gasteiger partial charge >= 0.3 is 11.9 Å². The van der Waals surface area contributed by atoms with Crippen molar-refractivity contribution >= 4 is 29.4 Å². The lowest BCUT2D eigenvalue weighted by atomic mass is 10.2. The van der Waals surface area contributed by atoms with Crippen molar-refractivity contribution in [2.75, 3.05) is 24.7 Å². The van der Waals surface area contributed by atoms with E-state index >= 15 is 0 Å². The molecule has 2 rings (SSSR count). The molecule has 1 heterocycles. The van der Waals surface area contributed by atoms with Crippen molar-refractivity contribution in [3.8, 4) is 6.07 Å². The molecular formula is C19H20N2O4S. The van der Waals surface area contributed by atoms with Crippen molar-refractivity contribution in [2.24, 2.45) is 0 Å². The lowest BCUT2D eigenvalue weighted by Gasteiger charge is -2.21. The van der Waals surface area contributed by atoms with Gasteiger partial charge in [0.05, 0.1) is 18.9 Å². The maximum Gasteiger partial charge on any atom is 0.351 e. The Bertz CT molecular complexity index is 767. The molecular weight excluding hydrogens is 352 g/mol. The molecule has 136 valence electrons. The van der Waals surface area contributed by atoms with Crippen LogP contribution < -0.4 is 4.90 Å². The lowest BCUT2D eigenvalue weighted by molar-refractivity contribution is -0.138. The number of carbonyl (C=O) groups is 2. The summed E-state index contributed by atoms with van der Waals surface area (Å²) in [5.41, 5.74) is 0.957. The van der Waals surface area contributed by atoms with Crippen LogP contribution in [0.15, 0.2) is 52.4 Å². The van der Waals surface area contributed by atoms with Crippen LogP contribution in [0.1, 0.15) is 19.8 Å². The first-order valence-corrected chi connectivity index (χ1v) is 9.09. The van der Waals surface area contributed by atoms with E-state index in [0.717, 1.165) is 23.1 Å². The second kappa shape index (κ2) is 9.68. The minimum Gasteiger partial charge on any atom is -0.463 e. The second-order valence-electron chi connectivity index (χ2n) is 5.31. The topological polar surface area (TPSA) is 79.6 Å². The highest BCUT2D eigenvalue weighted by atomic mass is 32.2. The number of hydrogen-bond acceptors (Lipinski definition) is 7. The monoisotopic (exact) mass is 372 g/mol. The van der Waals surface area contributed by atoms with Crippen LogP contribution in [0.4, 0.5) is 5.69 Å². The number of benzene rings is 1. The van der Waals surface area contributed by atoms with E-state index in [0.29, 0.717) is 24.6 Å². The van der Waals surface area contributed by atoms with E-state index in [1.165, 1.54) is 11.8 Å². The summed E-state index contributed by atoms with van der Waals surface area (Å²) in [5.74, 6) is -1.06. The van der Waals surface area contributed by atoms with Crippen molar-refractivity contribution in [3.05, 3.63) is 47.5 Å². The molecule has 0 aromatic heterocycles. The van der Waals surface area contributed by atoms with Crippen LogP contribution in [0.5, 0.6) is 0 Å². The second-order valence-corrected chi connectivity index (χ2v) is 6.34. The molecule has 26 heavy (non-hydrogen) atoms. The average molecular weight is 372 g/mol. The fraction of sp³-hybridized carbons (Fsp3) is 0.316. The van der Waals surface area contributed by atoms with Gasteiger partial charge in [0, 0.05) is 17.5 Å². The number of rotatable bonds is 8. The highest BCUT2D eigenvalue weighted by molar-refractivity contribution is 8.03. The Morgan fingerprint density at radius 1 is 1.31 bits per heavy atom. The first kappa shape index (κ1) is 19.6. The van der Waals surface area contributed by atoms with Gasteiger partial charge in [-0.2, -0.15) is 5.26 Å². The van der Waals surface area contributed by atoms with E-state index in [4.69, 9.17) is 9.47 Å². The van der Waals surface area contributed by atoms with Crippen LogP contribution in [-0.2, 0) is 19.1 Å². The van der Waals surface area contributed by atoms with E-state index in [-0.39, 0.29) is 12.2 Å². The van der Waals surface area contributed by atoms with Crippen LogP contribution in [0.25, 0.3) is 0 Å². The zero-order chi connectivity index (χ0) is 18.9. The van der Waals surface area contributed by atoms with Gasteiger partial charge in [0.1, 0.15) is 11.1 Å². The van der Waals surface area contributed by atoms with Gasteiger partial charge in [-0.1, -0.05) is 30.5 Å². The van der Waals surface area contributed by atoms with Crippen LogP contribution in [0.2, 0.25) is 0 Å². The van der Waals surface area contributed by atoms with E-state index in [2.05, 4.69) is 6.58 Å². The Kier molecular flexibility index (Phi) is 7.30. The smallest absolute Gasteiger partial charge is 0.351 e. The summed E-state index contributed by atoms with van der Waals surface area (Å²) < 4.78 is 9.98. The summed E-state index contributed by atoms with van der Waals surface area (Å²) in [6, 6.07) is 9.71. The van der Waals surface area contributed by atoms with E-state index in [1.807, 2.05) is 35.2 Å². The summed E-state index contributed by atoms with van der Waals surface area (Å²) >= 11 is 1.39. The molecule has 0 amide bonds. The molecule has 0 saturated carbocycles. The van der Waals surface area contributed by atoms with Crippen LogP contribution >= 0.6 is 11.8 Å². The number of nitrogens with zero attached hydrogens (tertiary/aromatic N) is 2. The first-order chi connectivity index (χ1) is 12.6. The van der Waals surface area contributed by atoms with Gasteiger partial charge < -0.3 is 14.4 Å². The molecule has 1 aliphatic heterocycles. The molecule has 0 bridgehead atoms. The summed E-state index contributed by atoms with van der Waals surface area (Å²) in [6.45, 7) is 6.16. The summed E-state index contributed by atoms with van der Waals surface area (Å²) in [5, 5.41) is 10.0. The Morgan fingerprint density at radius 2 is 2.08 bits per heavy atom. The normalized spacial score (nSPS) is 14.2. The minimum atomic E-state index is -0.616. The molecule has 0 atom stereocenters. The van der Waals surface area contributed by atoms with Crippen molar-refractivity contribution < 1.29 is 19.1 Å². The Hall–Kier alpha value is -2.72. The van der Waals surface area contributed by atoms with E-state index < -0.39 is 11.9 Å². The van der Waals surface area contributed by atoms with Gasteiger partial charge in [-0.15, -0.1) is 0 Å². The van der Waals surface area contributed by atoms with Gasteiger partial charge in [-0.3, -0.25) is 0 Å². The largest absolute Gasteiger partial charge is 0.463 e. The maximum atomic E-state index is 12.1. The molecule has 0 fully saturated rings. The van der Waals surface area contributed by atoms with Crippen LogP contribution in [0, 0.1) is 11.3 Å². The molecule has 7 heteroatoms. The molecule has 0 N–H and O–H groups in total. The third kappa shape index (κ3) is 4.67. The number of nitriles is 1. The van der Waals surface area contributed by atoms with Gasteiger partial charge in [-0.05, 0) is 31.9 Å². The molecule has 0 aliphatic carbocycles. The van der Waals surface area contributed by atoms with Crippen molar-refractivity contribution in [2.45, 2.75) is 24.7 Å². The highest BCUT2D eigenvalue weighted by Gasteiger charge is 2.30. The Labute approximate surface area is 157 Å². The fourth-order valence-electron chi connectivity index (χ4n) is 2.43. The number of fused-ring (bicyclic) bond motifs is 1. The maximum absolute atomic E-state index is 12.1. The molecule has 0 saturated heterocycles. The van der Waals surface area contributed by atoms with Gasteiger partial charge in [0.15, 0.2) is 5.57 Å². The summed E-state index contributed by atoms with van der Waals surface area (Å²) in [7, 11) is 0. The quantitative estimate of drug-likeness (QED) is 0.299. The number of para-hydroxylation sites is 1. The number of unbranched alkanes of at least 4 members (excludes halogenated alkanes) is 1. The molecule has 1 aromatic carbocycles. The molecule has 0 radical (unpaired) electrons. The van der Waals surface area contributed by atoms with Gasteiger partial charge in [-0.25, -0.2) is 9.59 Å². The number of ether oxygens (including phenoxy) is 2. The number of anilines is 1. The van der Waals surface area contributed by atoms with E-state index in [9.17, 15) is 14.9 Å². The zero-order valence-corrected chi connectivity index (χ0v) is 15.4. The standard InChI is InChI=1S/C19H20N2O4S/c1-3-17(22)25-12-8-7-11-21-15-9-5-6-10-16(15)26-18(21)14(13-20)19(23)24-4-2/h3,5-6,9-10H,1,4,7-8,11-12H2,2H3/b18-14-. The van der Waals surface area contributed by atoms with Crippen LogP contribution in [-0.4, -0.2) is 31.7 Å². The number of carbonyl (C=O) groups excluding carboxylic acids is 2. The fourth-order valence-corrected chi connectivity index (χ4v) is 3.60. The number of esters is 2. The SMILES string of the molecule is C=CC(=O)OCCCCN1/C(=C(\C#N)C(=O)OCC)Sc2ccccc21. The minimum absolute atomic E-state index is 0.00568. The Morgan fingerprint density at radius 3 is 2.77 bits per heavy atom. The third-order valence-electron chi connectivity index (χ3n) is 3.60. The van der Waals surface area contributed by atoms with Gasteiger partial charge in [0.25, 0.3) is 0 Å². The average Bonchev–Trinajstić information content (AvgIpc) is 3.00. The summed E-state index contributed by atoms with van der Waals surface area (Å²) in [4.78, 5) is 26.1. The van der Waals surface area contributed by atoms with Crippen LogP contribution in [0.3, 0.4) is 0 Å². The predicted molar refractivity (Wildman–Crippen MR) is 99.3 cm³/mol. The zero-order valence-electron chi connectivity index (χ0n) is 14.6. The highest BCUT2D eigenvalue weighted by Crippen LogP contribution is 2.47. The van der Waals surface area contributed by atoms with E-state index in [1.54, 1.807) is 6.92 Å². The third-order valence-corrected chi connectivity index (χ3v) is 4.78. The Balaban J connectivity index is 2.15. The summed E-state index contributed by atoms with van der Waals surface area (Å²) in [6.07, 6.45) is 2.52. The molecule has 6 nitrogen and oxygen atoms in total. The predicted octanol–water partition coefficient (Wildman–Crippen LogP) is 3.41. The number of thioether (sulfide) groups is 1. The first-order valence-electron chi connectivity index (χ1n) is 8.27. The molecule has 0 spiro atoms. The lowest BCUT2D eigenvalue weighted by Crippen LogP contribution is -2.23. The van der Waals surface area contributed by atoms with Gasteiger partial charge in [0.2, 0.25) is 0 Å². The van der Waals surface area contributed by atoms with Crippen molar-refractivity contribution in [1.29, 1.82) is 5.26 Å². The van der Waals surface area contributed by atoms with Crippen molar-refractivity contribution in [1.82, 2.24) is 0 Å². The van der Waals surface area contributed by atoms with Crippen molar-refractivity contribution in [3.63, 3.8) is 0 Å².